The van der Waals surface area contributed by atoms with Gasteiger partial charge in [-0.25, -0.2) is 15.0 Å². The largest absolute Gasteiger partial charge is 0.481 e. The molecule has 0 saturated carbocycles. The summed E-state index contributed by atoms with van der Waals surface area (Å²) in [7, 11) is 0. The second kappa shape index (κ2) is 7.35. The lowest BCUT2D eigenvalue weighted by molar-refractivity contribution is -0.137. The fraction of sp³-hybridized carbons (Fsp3) is 0.412. The summed E-state index contributed by atoms with van der Waals surface area (Å²) < 4.78 is 0. The maximum absolute atomic E-state index is 10.8. The minimum atomic E-state index is -0.775. The number of carboxylic acids is 1. The third kappa shape index (κ3) is 4.05. The number of aliphatic carboxylic acids is 1. The van der Waals surface area contributed by atoms with Gasteiger partial charge in [0.15, 0.2) is 0 Å². The summed E-state index contributed by atoms with van der Waals surface area (Å²) in [4.78, 5) is 26.5. The molecule has 1 saturated heterocycles. The average Bonchev–Trinajstić information content (AvgIpc) is 3.02. The number of likely N-dealkylation sites (tertiary alicyclic amines) is 1. The van der Waals surface area contributed by atoms with Crippen LogP contribution in [0.5, 0.6) is 0 Å². The Morgan fingerprint density at radius 1 is 1.38 bits per heavy atom. The van der Waals surface area contributed by atoms with Crippen LogP contribution in [0.1, 0.15) is 36.8 Å². The molecule has 2 aromatic rings. The molecule has 7 heteroatoms. The van der Waals surface area contributed by atoms with Crippen LogP contribution in [0.25, 0.3) is 0 Å². The summed E-state index contributed by atoms with van der Waals surface area (Å²) in [6.07, 6.45) is 3.85. The molecule has 3 rings (SSSR count). The van der Waals surface area contributed by atoms with Crippen molar-refractivity contribution in [1.82, 2.24) is 19.9 Å². The van der Waals surface area contributed by atoms with Crippen LogP contribution in [0.4, 0.5) is 11.6 Å². The van der Waals surface area contributed by atoms with Gasteiger partial charge in [0.1, 0.15) is 17.5 Å². The third-order valence-electron chi connectivity index (χ3n) is 4.07. The molecule has 126 valence electrons. The second-order valence-corrected chi connectivity index (χ2v) is 5.93. The highest BCUT2D eigenvalue weighted by atomic mass is 16.4. The van der Waals surface area contributed by atoms with Crippen LogP contribution < -0.4 is 5.32 Å². The van der Waals surface area contributed by atoms with Crippen molar-refractivity contribution in [3.05, 3.63) is 42.0 Å². The minimum Gasteiger partial charge on any atom is -0.481 e. The first-order valence-electron chi connectivity index (χ1n) is 8.11. The monoisotopic (exact) mass is 327 g/mol. The molecule has 1 atom stereocenters. The fourth-order valence-electron chi connectivity index (χ4n) is 3.00. The molecule has 7 nitrogen and oxygen atoms in total. The van der Waals surface area contributed by atoms with Crippen molar-refractivity contribution in [3.63, 3.8) is 0 Å². The molecule has 1 aliphatic heterocycles. The molecule has 2 aromatic heterocycles. The highest BCUT2D eigenvalue weighted by Crippen LogP contribution is 2.30. The molecular formula is C17H21N5O2. The van der Waals surface area contributed by atoms with E-state index >= 15 is 0 Å². The van der Waals surface area contributed by atoms with Gasteiger partial charge in [0.25, 0.3) is 0 Å². The van der Waals surface area contributed by atoms with Crippen LogP contribution in [0.3, 0.4) is 0 Å². The smallest absolute Gasteiger partial charge is 0.304 e. The molecule has 0 radical (unpaired) electrons. The van der Waals surface area contributed by atoms with Gasteiger partial charge in [0, 0.05) is 24.5 Å². The normalized spacial score (nSPS) is 17.8. The van der Waals surface area contributed by atoms with E-state index in [2.05, 4.69) is 25.2 Å². The van der Waals surface area contributed by atoms with E-state index in [1.165, 1.54) is 0 Å². The maximum Gasteiger partial charge on any atom is 0.304 e. The van der Waals surface area contributed by atoms with Crippen LogP contribution >= 0.6 is 0 Å². The quantitative estimate of drug-likeness (QED) is 0.842. The van der Waals surface area contributed by atoms with Crippen LogP contribution in [0.2, 0.25) is 0 Å². The first-order valence-corrected chi connectivity index (χ1v) is 8.11. The van der Waals surface area contributed by atoms with Crippen LogP contribution in [0.15, 0.2) is 30.5 Å². The lowest BCUT2D eigenvalue weighted by Crippen LogP contribution is -2.27. The third-order valence-corrected chi connectivity index (χ3v) is 4.07. The van der Waals surface area contributed by atoms with E-state index in [9.17, 15) is 4.79 Å². The minimum absolute atomic E-state index is 0.0773. The number of anilines is 2. The van der Waals surface area contributed by atoms with Gasteiger partial charge in [-0.2, -0.15) is 0 Å². The fourth-order valence-corrected chi connectivity index (χ4v) is 3.00. The van der Waals surface area contributed by atoms with Gasteiger partial charge in [-0.3, -0.25) is 9.69 Å². The molecule has 2 N–H and O–H groups in total. The Bertz CT molecular complexity index is 707. The Kier molecular flexibility index (Phi) is 5.00. The molecule has 1 unspecified atom stereocenters. The Balaban J connectivity index is 1.78. The Morgan fingerprint density at radius 2 is 2.25 bits per heavy atom. The first-order chi connectivity index (χ1) is 11.6. The Labute approximate surface area is 140 Å². The van der Waals surface area contributed by atoms with Gasteiger partial charge in [-0.15, -0.1) is 0 Å². The molecular weight excluding hydrogens is 306 g/mol. The zero-order chi connectivity index (χ0) is 16.9. The molecule has 1 aliphatic rings. The van der Waals surface area contributed by atoms with Crippen molar-refractivity contribution >= 4 is 17.6 Å². The number of rotatable bonds is 6. The van der Waals surface area contributed by atoms with Gasteiger partial charge in [0.2, 0.25) is 0 Å². The predicted molar refractivity (Wildman–Crippen MR) is 90.1 cm³/mol. The summed E-state index contributed by atoms with van der Waals surface area (Å²) in [6, 6.07) is 7.62. The zero-order valence-electron chi connectivity index (χ0n) is 13.6. The SMILES string of the molecule is Cc1cc(Nc2ccccn2)nc(C2CCCN2CCC(=O)O)n1. The summed E-state index contributed by atoms with van der Waals surface area (Å²) in [5, 5.41) is 12.1. The molecule has 3 heterocycles. The first kappa shape index (κ1) is 16.3. The molecule has 0 aliphatic carbocycles. The van der Waals surface area contributed by atoms with E-state index in [1.807, 2.05) is 31.2 Å². The van der Waals surface area contributed by atoms with E-state index in [4.69, 9.17) is 5.11 Å². The molecule has 24 heavy (non-hydrogen) atoms. The standard InChI is InChI=1S/C17H21N5O2/c1-12-11-15(20-14-6-2-3-8-18-14)21-17(19-12)13-5-4-9-22(13)10-7-16(23)24/h2-3,6,8,11,13H,4-5,7,9-10H2,1H3,(H,23,24)(H,18,19,20,21). The predicted octanol–water partition coefficient (Wildman–Crippen LogP) is 2.54. The summed E-state index contributed by atoms with van der Waals surface area (Å²) in [6.45, 7) is 3.35. The number of carboxylic acid groups (broad SMARTS) is 1. The molecule has 0 amide bonds. The van der Waals surface area contributed by atoms with Crippen LogP contribution in [-0.4, -0.2) is 44.0 Å². The van der Waals surface area contributed by atoms with Crippen molar-refractivity contribution in [1.29, 1.82) is 0 Å². The topological polar surface area (TPSA) is 91.2 Å². The van der Waals surface area contributed by atoms with E-state index in [1.54, 1.807) is 6.20 Å². The highest BCUT2D eigenvalue weighted by Gasteiger charge is 2.28. The second-order valence-electron chi connectivity index (χ2n) is 5.93. The highest BCUT2D eigenvalue weighted by molar-refractivity contribution is 5.66. The van der Waals surface area contributed by atoms with Crippen molar-refractivity contribution in [2.45, 2.75) is 32.2 Å². The zero-order valence-corrected chi connectivity index (χ0v) is 13.6. The number of hydrogen-bond acceptors (Lipinski definition) is 6. The van der Waals surface area contributed by atoms with E-state index < -0.39 is 5.97 Å². The number of pyridine rings is 1. The Hall–Kier alpha value is -2.54. The lowest BCUT2D eigenvalue weighted by Gasteiger charge is -2.23. The summed E-state index contributed by atoms with van der Waals surface area (Å²) in [5.41, 5.74) is 0.878. The number of aromatic nitrogens is 3. The summed E-state index contributed by atoms with van der Waals surface area (Å²) >= 11 is 0. The van der Waals surface area contributed by atoms with Crippen molar-refractivity contribution in [2.75, 3.05) is 18.4 Å². The van der Waals surface area contributed by atoms with E-state index in [0.29, 0.717) is 12.4 Å². The number of hydrogen-bond donors (Lipinski definition) is 2. The number of nitrogens with one attached hydrogen (secondary N) is 1. The van der Waals surface area contributed by atoms with E-state index in [0.717, 1.165) is 36.7 Å². The number of carbonyl (C=O) groups is 1. The summed E-state index contributed by atoms with van der Waals surface area (Å²) in [5.74, 6) is 1.41. The van der Waals surface area contributed by atoms with Crippen LogP contribution in [-0.2, 0) is 4.79 Å². The molecule has 0 aromatic carbocycles. The molecule has 1 fully saturated rings. The van der Waals surface area contributed by atoms with Gasteiger partial charge in [0.05, 0.1) is 12.5 Å². The van der Waals surface area contributed by atoms with Gasteiger partial charge in [-0.1, -0.05) is 6.07 Å². The van der Waals surface area contributed by atoms with E-state index in [-0.39, 0.29) is 12.5 Å². The average molecular weight is 327 g/mol. The maximum atomic E-state index is 10.8. The molecule has 0 bridgehead atoms. The molecule has 0 spiro atoms. The van der Waals surface area contributed by atoms with Gasteiger partial charge >= 0.3 is 5.97 Å². The van der Waals surface area contributed by atoms with Crippen molar-refractivity contribution in [2.24, 2.45) is 0 Å². The number of nitrogens with zero attached hydrogens (tertiary/aromatic N) is 4. The lowest BCUT2D eigenvalue weighted by atomic mass is 10.2. The van der Waals surface area contributed by atoms with Crippen LogP contribution in [0, 0.1) is 6.92 Å². The number of aryl methyl sites for hydroxylation is 1. The Morgan fingerprint density at radius 3 is 3.00 bits per heavy atom. The van der Waals surface area contributed by atoms with Crippen molar-refractivity contribution in [3.8, 4) is 0 Å². The van der Waals surface area contributed by atoms with Gasteiger partial charge < -0.3 is 10.4 Å². The van der Waals surface area contributed by atoms with Crippen molar-refractivity contribution < 1.29 is 9.90 Å². The van der Waals surface area contributed by atoms with Gasteiger partial charge in [-0.05, 0) is 38.4 Å².